The molecule has 0 saturated heterocycles. The van der Waals surface area contributed by atoms with Crippen molar-refractivity contribution in [3.8, 4) is 0 Å². The fourth-order valence-electron chi connectivity index (χ4n) is 4.54. The fourth-order valence-corrected chi connectivity index (χ4v) is 8.47. The van der Waals surface area contributed by atoms with Crippen molar-refractivity contribution < 1.29 is 31.2 Å². The van der Waals surface area contributed by atoms with Gasteiger partial charge in [-0.15, -0.1) is 0 Å². The second-order valence-corrected chi connectivity index (χ2v) is 13.0. The molecule has 2 aromatic carbocycles. The minimum atomic E-state index is -4.07. The van der Waals surface area contributed by atoms with Crippen LogP contribution in [0.4, 0.5) is 0 Å². The minimum absolute atomic E-state index is 0.0418. The van der Waals surface area contributed by atoms with Gasteiger partial charge in [0.25, 0.3) is 0 Å². The Morgan fingerprint density at radius 2 is 1.70 bits per heavy atom. The van der Waals surface area contributed by atoms with Crippen molar-refractivity contribution in [3.05, 3.63) is 58.1 Å². The maximum absolute atomic E-state index is 13.5. The van der Waals surface area contributed by atoms with E-state index in [1.54, 1.807) is 0 Å². The molecule has 0 bridgehead atoms. The van der Waals surface area contributed by atoms with Crippen molar-refractivity contribution in [2.24, 2.45) is 5.92 Å². The van der Waals surface area contributed by atoms with E-state index in [4.69, 9.17) is 11.6 Å². The van der Waals surface area contributed by atoms with Crippen LogP contribution in [0.25, 0.3) is 0 Å². The molecule has 0 spiro atoms. The van der Waals surface area contributed by atoms with E-state index in [9.17, 15) is 31.2 Å². The number of carbonyl (C=O) groups is 3. The number of sulfone groups is 2. The predicted octanol–water partition coefficient (Wildman–Crippen LogP) is 3.27. The second-order valence-electron chi connectivity index (χ2n) is 8.34. The van der Waals surface area contributed by atoms with E-state index in [-0.39, 0.29) is 51.2 Å². The van der Waals surface area contributed by atoms with Gasteiger partial charge in [0, 0.05) is 17.5 Å². The van der Waals surface area contributed by atoms with Crippen molar-refractivity contribution in [3.63, 3.8) is 0 Å². The standard InChI is InChI=1S/C23H21ClO7S2/c1-13(25)14-5-7-15(8-6-14)33(30,31)20-4-2-3-18(26)21(20)23(27)17-9-10-19-16(22(17)24)11-12-32(19,28)29/h5-10,20-21H,2-4,11-12H2,1H3. The lowest BCUT2D eigenvalue weighted by Crippen LogP contribution is -2.43. The van der Waals surface area contributed by atoms with Gasteiger partial charge in [0.05, 0.1) is 31.7 Å². The van der Waals surface area contributed by atoms with Crippen LogP contribution in [0.1, 0.15) is 52.5 Å². The minimum Gasteiger partial charge on any atom is -0.299 e. The first-order chi connectivity index (χ1) is 15.4. The first-order valence-electron chi connectivity index (χ1n) is 10.4. The molecule has 1 saturated carbocycles. The third kappa shape index (κ3) is 4.06. The van der Waals surface area contributed by atoms with Crippen LogP contribution in [-0.2, 0) is 30.9 Å². The molecule has 10 heteroatoms. The molecule has 1 aliphatic heterocycles. The van der Waals surface area contributed by atoms with E-state index in [1.165, 1.54) is 43.3 Å². The molecule has 1 fully saturated rings. The summed E-state index contributed by atoms with van der Waals surface area (Å²) in [7, 11) is -7.54. The number of rotatable bonds is 5. The Labute approximate surface area is 197 Å². The Morgan fingerprint density at radius 3 is 2.33 bits per heavy atom. The normalized spacial score (nSPS) is 22.1. The third-order valence-corrected chi connectivity index (χ3v) is 10.8. The van der Waals surface area contributed by atoms with Gasteiger partial charge in [0.1, 0.15) is 5.78 Å². The summed E-state index contributed by atoms with van der Waals surface area (Å²) in [6.07, 6.45) is 0.674. The molecular formula is C23H21ClO7S2. The summed E-state index contributed by atoms with van der Waals surface area (Å²) in [5.41, 5.74) is 0.631. The van der Waals surface area contributed by atoms with Crippen LogP contribution >= 0.6 is 11.6 Å². The van der Waals surface area contributed by atoms with Gasteiger partial charge in [-0.1, -0.05) is 23.7 Å². The van der Waals surface area contributed by atoms with Crippen molar-refractivity contribution >= 4 is 48.6 Å². The molecule has 4 rings (SSSR count). The largest absolute Gasteiger partial charge is 0.299 e. The Morgan fingerprint density at radius 1 is 1.03 bits per heavy atom. The first kappa shape index (κ1) is 23.8. The summed E-state index contributed by atoms with van der Waals surface area (Å²) in [4.78, 5) is 37.8. The van der Waals surface area contributed by atoms with Gasteiger partial charge in [-0.2, -0.15) is 0 Å². The molecule has 2 atom stereocenters. The van der Waals surface area contributed by atoms with E-state index >= 15 is 0 Å². The van der Waals surface area contributed by atoms with Crippen molar-refractivity contribution in [2.75, 3.05) is 5.75 Å². The summed E-state index contributed by atoms with van der Waals surface area (Å²) in [5, 5.41) is -1.32. The zero-order chi connectivity index (χ0) is 24.1. The molecule has 2 aromatic rings. The molecular weight excluding hydrogens is 488 g/mol. The SMILES string of the molecule is CC(=O)c1ccc(S(=O)(=O)C2CCCC(=O)C2C(=O)c2ccc3c(c2Cl)CCS3(=O)=O)cc1. The lowest BCUT2D eigenvalue weighted by Gasteiger charge is -2.29. The van der Waals surface area contributed by atoms with Gasteiger partial charge in [0.15, 0.2) is 31.2 Å². The molecule has 33 heavy (non-hydrogen) atoms. The lowest BCUT2D eigenvalue weighted by molar-refractivity contribution is -0.122. The molecule has 174 valence electrons. The average Bonchev–Trinajstić information content (AvgIpc) is 3.08. The van der Waals surface area contributed by atoms with Gasteiger partial charge in [0.2, 0.25) is 0 Å². The Hall–Kier alpha value is -2.36. The van der Waals surface area contributed by atoms with Crippen molar-refractivity contribution in [1.29, 1.82) is 0 Å². The van der Waals surface area contributed by atoms with Crippen LogP contribution in [0.3, 0.4) is 0 Å². The van der Waals surface area contributed by atoms with Gasteiger partial charge in [-0.3, -0.25) is 14.4 Å². The number of ketones is 3. The van der Waals surface area contributed by atoms with Crippen LogP contribution in [-0.4, -0.2) is 45.2 Å². The smallest absolute Gasteiger partial charge is 0.182 e. The van der Waals surface area contributed by atoms with E-state index < -0.39 is 42.4 Å². The fraction of sp³-hybridized carbons (Fsp3) is 0.348. The Balaban J connectivity index is 1.75. The van der Waals surface area contributed by atoms with E-state index in [2.05, 4.69) is 0 Å². The lowest BCUT2D eigenvalue weighted by atomic mass is 9.82. The molecule has 0 N–H and O–H groups in total. The van der Waals surface area contributed by atoms with Crippen LogP contribution in [0.2, 0.25) is 5.02 Å². The monoisotopic (exact) mass is 508 g/mol. The number of fused-ring (bicyclic) bond motifs is 1. The molecule has 2 unspecified atom stereocenters. The van der Waals surface area contributed by atoms with E-state index in [1.807, 2.05) is 0 Å². The van der Waals surface area contributed by atoms with Crippen molar-refractivity contribution in [2.45, 2.75) is 47.6 Å². The molecule has 2 aliphatic rings. The molecule has 0 aromatic heterocycles. The number of hydrogen-bond donors (Lipinski definition) is 0. The summed E-state index contributed by atoms with van der Waals surface area (Å²) in [5.74, 6) is -2.97. The summed E-state index contributed by atoms with van der Waals surface area (Å²) < 4.78 is 51.1. The maximum Gasteiger partial charge on any atom is 0.182 e. The highest BCUT2D eigenvalue weighted by Gasteiger charge is 2.46. The maximum atomic E-state index is 13.5. The van der Waals surface area contributed by atoms with Gasteiger partial charge in [-0.05, 0) is 56.0 Å². The highest BCUT2D eigenvalue weighted by molar-refractivity contribution is 7.92. The summed E-state index contributed by atoms with van der Waals surface area (Å²) in [6, 6.07) is 7.97. The predicted molar refractivity (Wildman–Crippen MR) is 121 cm³/mol. The van der Waals surface area contributed by atoms with Crippen LogP contribution < -0.4 is 0 Å². The highest BCUT2D eigenvalue weighted by atomic mass is 35.5. The molecule has 0 amide bonds. The zero-order valence-electron chi connectivity index (χ0n) is 17.7. The third-order valence-electron chi connectivity index (χ3n) is 6.32. The molecule has 1 heterocycles. The first-order valence-corrected chi connectivity index (χ1v) is 14.0. The quantitative estimate of drug-likeness (QED) is 0.449. The van der Waals surface area contributed by atoms with Gasteiger partial charge < -0.3 is 0 Å². The number of halogens is 1. The van der Waals surface area contributed by atoms with E-state index in [0.29, 0.717) is 17.5 Å². The topological polar surface area (TPSA) is 119 Å². The Bertz CT molecular complexity index is 1390. The van der Waals surface area contributed by atoms with Gasteiger partial charge >= 0.3 is 0 Å². The van der Waals surface area contributed by atoms with Crippen LogP contribution in [0.15, 0.2) is 46.2 Å². The Kier molecular flexibility index (Phi) is 6.09. The zero-order valence-corrected chi connectivity index (χ0v) is 20.1. The van der Waals surface area contributed by atoms with Gasteiger partial charge in [-0.25, -0.2) is 16.8 Å². The number of Topliss-reactive ketones (excluding diaryl/α,β-unsaturated/α-hetero) is 3. The molecule has 0 radical (unpaired) electrons. The number of benzene rings is 2. The number of carbonyl (C=O) groups excluding carboxylic acids is 3. The van der Waals surface area contributed by atoms with Crippen molar-refractivity contribution in [1.82, 2.24) is 0 Å². The van der Waals surface area contributed by atoms with Crippen LogP contribution in [0, 0.1) is 5.92 Å². The summed E-state index contributed by atoms with van der Waals surface area (Å²) >= 11 is 6.39. The van der Waals surface area contributed by atoms with Crippen LogP contribution in [0.5, 0.6) is 0 Å². The average molecular weight is 509 g/mol. The second kappa shape index (κ2) is 8.45. The summed E-state index contributed by atoms with van der Waals surface area (Å²) in [6.45, 7) is 1.36. The molecule has 7 nitrogen and oxygen atoms in total. The highest BCUT2D eigenvalue weighted by Crippen LogP contribution is 2.38. The number of hydrogen-bond acceptors (Lipinski definition) is 7. The van der Waals surface area contributed by atoms with E-state index in [0.717, 1.165) is 0 Å². The molecule has 1 aliphatic carbocycles.